The zero-order chi connectivity index (χ0) is 21.7. The van der Waals surface area contributed by atoms with Crippen LogP contribution in [0.3, 0.4) is 0 Å². The maximum Gasteiger partial charge on any atom is 0.338 e. The molecule has 0 saturated heterocycles. The third-order valence-electron chi connectivity index (χ3n) is 4.91. The predicted octanol–water partition coefficient (Wildman–Crippen LogP) is 4.09. The van der Waals surface area contributed by atoms with Gasteiger partial charge in [-0.2, -0.15) is 5.10 Å². The molecule has 3 rings (SSSR count). The largest absolute Gasteiger partial charge is 0.469 e. The lowest BCUT2D eigenvalue weighted by Crippen LogP contribution is -2.07. The van der Waals surface area contributed by atoms with E-state index < -0.39 is 11.8 Å². The van der Waals surface area contributed by atoms with Crippen molar-refractivity contribution in [1.29, 1.82) is 0 Å². The van der Waals surface area contributed by atoms with Gasteiger partial charge in [0.25, 0.3) is 0 Å². The Hall–Kier alpha value is -3.48. The van der Waals surface area contributed by atoms with Crippen LogP contribution in [0.25, 0.3) is 5.69 Å². The summed E-state index contributed by atoms with van der Waals surface area (Å²) in [5, 5.41) is 4.55. The van der Waals surface area contributed by atoms with Crippen molar-refractivity contribution in [3.05, 3.63) is 82.4 Å². The summed E-state index contributed by atoms with van der Waals surface area (Å²) >= 11 is 0. The molecule has 0 N–H and O–H groups in total. The van der Waals surface area contributed by atoms with Gasteiger partial charge >= 0.3 is 11.9 Å². The molecule has 30 heavy (non-hydrogen) atoms. The Morgan fingerprint density at radius 1 is 1.07 bits per heavy atom. The minimum absolute atomic E-state index is 0.131. The molecule has 0 amide bonds. The van der Waals surface area contributed by atoms with Crippen LogP contribution in [0.1, 0.15) is 39.3 Å². The Bertz CT molecular complexity index is 1060. The van der Waals surface area contributed by atoms with Crippen LogP contribution in [0.15, 0.2) is 48.5 Å². The number of hydrogen-bond donors (Lipinski definition) is 0. The van der Waals surface area contributed by atoms with E-state index in [9.17, 15) is 14.0 Å². The number of benzene rings is 2. The molecule has 0 radical (unpaired) electrons. The van der Waals surface area contributed by atoms with Gasteiger partial charge in [0.1, 0.15) is 12.4 Å². The number of rotatable bonds is 7. The Kier molecular flexibility index (Phi) is 6.61. The topological polar surface area (TPSA) is 70.4 Å². The number of hydrogen-bond acceptors (Lipinski definition) is 5. The van der Waals surface area contributed by atoms with E-state index in [1.54, 1.807) is 47.1 Å². The van der Waals surface area contributed by atoms with Crippen molar-refractivity contribution in [3.8, 4) is 5.69 Å². The molecule has 0 atom stereocenters. The molecule has 1 aromatic heterocycles. The van der Waals surface area contributed by atoms with Crippen LogP contribution in [0, 0.1) is 19.7 Å². The maximum absolute atomic E-state index is 13.6. The average Bonchev–Trinajstić information content (AvgIpc) is 3.04. The van der Waals surface area contributed by atoms with E-state index in [1.807, 2.05) is 13.8 Å². The highest BCUT2D eigenvalue weighted by molar-refractivity contribution is 5.89. The quantitative estimate of drug-likeness (QED) is 0.549. The van der Waals surface area contributed by atoms with Crippen molar-refractivity contribution >= 4 is 11.9 Å². The van der Waals surface area contributed by atoms with Gasteiger partial charge in [0, 0.05) is 17.7 Å². The van der Waals surface area contributed by atoms with Crippen molar-refractivity contribution in [1.82, 2.24) is 9.78 Å². The normalized spacial score (nSPS) is 10.7. The van der Waals surface area contributed by atoms with Gasteiger partial charge in [0.05, 0.1) is 24.1 Å². The number of esters is 2. The van der Waals surface area contributed by atoms with E-state index in [4.69, 9.17) is 9.47 Å². The number of ether oxygens (including phenoxy) is 2. The van der Waals surface area contributed by atoms with E-state index >= 15 is 0 Å². The highest BCUT2D eigenvalue weighted by Crippen LogP contribution is 2.20. The predicted molar refractivity (Wildman–Crippen MR) is 109 cm³/mol. The zero-order valence-electron chi connectivity index (χ0n) is 17.1. The van der Waals surface area contributed by atoms with Crippen LogP contribution in [0.2, 0.25) is 0 Å². The molecule has 1 heterocycles. The molecular weight excluding hydrogens is 387 g/mol. The Morgan fingerprint density at radius 3 is 2.43 bits per heavy atom. The Balaban J connectivity index is 1.70. The van der Waals surface area contributed by atoms with Crippen molar-refractivity contribution in [2.24, 2.45) is 0 Å². The second kappa shape index (κ2) is 9.35. The van der Waals surface area contributed by atoms with Gasteiger partial charge in [-0.1, -0.05) is 18.2 Å². The summed E-state index contributed by atoms with van der Waals surface area (Å²) < 4.78 is 25.3. The van der Waals surface area contributed by atoms with Crippen LogP contribution in [-0.2, 0) is 27.3 Å². The van der Waals surface area contributed by atoms with Gasteiger partial charge in [0.15, 0.2) is 0 Å². The molecule has 0 saturated carbocycles. The van der Waals surface area contributed by atoms with Gasteiger partial charge in [-0.05, 0) is 56.2 Å². The first-order valence-electron chi connectivity index (χ1n) is 9.53. The third kappa shape index (κ3) is 4.74. The fourth-order valence-electron chi connectivity index (χ4n) is 3.20. The molecule has 2 aromatic carbocycles. The summed E-state index contributed by atoms with van der Waals surface area (Å²) in [7, 11) is 1.37. The average molecular weight is 410 g/mol. The smallest absolute Gasteiger partial charge is 0.338 e. The first-order valence-corrected chi connectivity index (χ1v) is 9.53. The monoisotopic (exact) mass is 410 g/mol. The van der Waals surface area contributed by atoms with E-state index in [0.29, 0.717) is 17.5 Å². The molecule has 7 heteroatoms. The summed E-state index contributed by atoms with van der Waals surface area (Å²) in [4.78, 5) is 23.7. The molecule has 156 valence electrons. The second-order valence-corrected chi connectivity index (χ2v) is 6.85. The number of nitrogens with zero attached hydrogens (tertiary/aromatic N) is 2. The van der Waals surface area contributed by atoms with Crippen LogP contribution < -0.4 is 0 Å². The summed E-state index contributed by atoms with van der Waals surface area (Å²) in [6.07, 6.45) is 0.835. The number of halogens is 1. The molecule has 0 aliphatic rings. The van der Waals surface area contributed by atoms with Crippen LogP contribution in [-0.4, -0.2) is 28.8 Å². The van der Waals surface area contributed by atoms with Gasteiger partial charge in [0.2, 0.25) is 0 Å². The fraction of sp³-hybridized carbons (Fsp3) is 0.261. The summed E-state index contributed by atoms with van der Waals surface area (Å²) in [6.45, 7) is 3.70. The molecule has 3 aromatic rings. The number of methoxy groups -OCH3 is 1. The van der Waals surface area contributed by atoms with Gasteiger partial charge in [-0.25, -0.2) is 13.9 Å². The lowest BCUT2D eigenvalue weighted by Gasteiger charge is -2.08. The number of carbonyl (C=O) groups is 2. The van der Waals surface area contributed by atoms with Crippen molar-refractivity contribution in [2.45, 2.75) is 33.3 Å². The molecule has 0 spiro atoms. The SMILES string of the molecule is COC(=O)CCc1c(C)nn(-c2ccc(C(=O)OCc3ccccc3F)cc2)c1C. The highest BCUT2D eigenvalue weighted by Gasteiger charge is 2.15. The van der Waals surface area contributed by atoms with Crippen LogP contribution in [0.5, 0.6) is 0 Å². The standard InChI is InChI=1S/C23H23FN2O4/c1-15-20(12-13-22(27)29-3)16(2)26(25-15)19-10-8-17(9-11-19)23(28)30-14-18-6-4-5-7-21(18)24/h4-11H,12-14H2,1-3H3. The fourth-order valence-corrected chi connectivity index (χ4v) is 3.20. The van der Waals surface area contributed by atoms with Gasteiger partial charge in [-0.15, -0.1) is 0 Å². The van der Waals surface area contributed by atoms with Crippen molar-refractivity contribution in [2.75, 3.05) is 7.11 Å². The van der Waals surface area contributed by atoms with Crippen LogP contribution in [0.4, 0.5) is 4.39 Å². The number of carbonyl (C=O) groups excluding carboxylic acids is 2. The first kappa shape index (κ1) is 21.2. The molecule has 0 unspecified atom stereocenters. The molecule has 0 aliphatic carbocycles. The Morgan fingerprint density at radius 2 is 1.77 bits per heavy atom. The summed E-state index contributed by atoms with van der Waals surface area (Å²) in [6, 6.07) is 13.0. The number of aromatic nitrogens is 2. The molecule has 0 bridgehead atoms. The molecule has 0 fully saturated rings. The zero-order valence-corrected chi connectivity index (χ0v) is 17.1. The van der Waals surface area contributed by atoms with E-state index in [0.717, 1.165) is 22.6 Å². The minimum atomic E-state index is -0.531. The summed E-state index contributed by atoms with van der Waals surface area (Å²) in [5.41, 5.74) is 4.22. The third-order valence-corrected chi connectivity index (χ3v) is 4.91. The molecule has 0 aliphatic heterocycles. The minimum Gasteiger partial charge on any atom is -0.469 e. The maximum atomic E-state index is 13.6. The highest BCUT2D eigenvalue weighted by atomic mass is 19.1. The van der Waals surface area contributed by atoms with Gasteiger partial charge < -0.3 is 9.47 Å². The van der Waals surface area contributed by atoms with Crippen molar-refractivity contribution in [3.63, 3.8) is 0 Å². The first-order chi connectivity index (χ1) is 14.4. The van der Waals surface area contributed by atoms with E-state index in [2.05, 4.69) is 5.10 Å². The lowest BCUT2D eigenvalue weighted by molar-refractivity contribution is -0.140. The Labute approximate surface area is 174 Å². The van der Waals surface area contributed by atoms with Crippen molar-refractivity contribution < 1.29 is 23.5 Å². The second-order valence-electron chi connectivity index (χ2n) is 6.85. The molecular formula is C23H23FN2O4. The van der Waals surface area contributed by atoms with Gasteiger partial charge in [-0.3, -0.25) is 4.79 Å². The number of aryl methyl sites for hydroxylation is 1. The lowest BCUT2D eigenvalue weighted by atomic mass is 10.1. The van der Waals surface area contributed by atoms with E-state index in [-0.39, 0.29) is 19.0 Å². The van der Waals surface area contributed by atoms with E-state index in [1.165, 1.54) is 13.2 Å². The molecule has 6 nitrogen and oxygen atoms in total. The summed E-state index contributed by atoms with van der Waals surface area (Å²) in [5.74, 6) is -1.20. The van der Waals surface area contributed by atoms with Crippen LogP contribution >= 0.6 is 0 Å².